The summed E-state index contributed by atoms with van der Waals surface area (Å²) in [5.41, 5.74) is 11.3. The molecule has 0 aliphatic heterocycles. The van der Waals surface area contributed by atoms with Crippen molar-refractivity contribution in [2.24, 2.45) is 11.5 Å². The van der Waals surface area contributed by atoms with Crippen LogP contribution in [0.4, 0.5) is 0 Å². The van der Waals surface area contributed by atoms with E-state index in [1.54, 1.807) is 0 Å². The standard InChI is InChI=1S/C6H14N2.Pt/c7-5-3-1-2-4-6(5)8;/h5-6H,1-4,7-8H2;/t5-,6-;/m1./s1. The Labute approximate surface area is 70.6 Å². The summed E-state index contributed by atoms with van der Waals surface area (Å²) in [6.45, 7) is 0. The smallest absolute Gasteiger partial charge is 0.0192 e. The van der Waals surface area contributed by atoms with E-state index in [0.29, 0.717) is 0 Å². The first-order valence-corrected chi connectivity index (χ1v) is 3.32. The molecular weight excluding hydrogens is 295 g/mol. The molecule has 0 aromatic rings. The largest absolute Gasteiger partial charge is 0.326 e. The molecule has 58 valence electrons. The molecule has 0 aromatic carbocycles. The van der Waals surface area contributed by atoms with Crippen molar-refractivity contribution in [3.05, 3.63) is 0 Å². The third-order valence-electron chi connectivity index (χ3n) is 1.87. The van der Waals surface area contributed by atoms with Crippen molar-refractivity contribution in [3.63, 3.8) is 0 Å². The number of nitrogens with two attached hydrogens (primary N) is 2. The Hall–Kier alpha value is 0.608. The second kappa shape index (κ2) is 4.43. The SMILES string of the molecule is N[C@@H]1CCCC[C@H]1N.[Pt]. The maximum atomic E-state index is 5.65. The van der Waals surface area contributed by atoms with E-state index >= 15 is 0 Å². The van der Waals surface area contributed by atoms with Gasteiger partial charge in [0.1, 0.15) is 0 Å². The fourth-order valence-electron chi connectivity index (χ4n) is 1.19. The van der Waals surface area contributed by atoms with Gasteiger partial charge >= 0.3 is 0 Å². The van der Waals surface area contributed by atoms with Gasteiger partial charge in [-0.25, -0.2) is 0 Å². The summed E-state index contributed by atoms with van der Waals surface area (Å²) in [6.07, 6.45) is 4.80. The topological polar surface area (TPSA) is 52.0 Å². The van der Waals surface area contributed by atoms with Crippen molar-refractivity contribution >= 4 is 0 Å². The fraction of sp³-hybridized carbons (Fsp3) is 1.00. The van der Waals surface area contributed by atoms with Crippen molar-refractivity contribution in [3.8, 4) is 0 Å². The van der Waals surface area contributed by atoms with Gasteiger partial charge in [-0.2, -0.15) is 0 Å². The zero-order chi connectivity index (χ0) is 5.98. The van der Waals surface area contributed by atoms with E-state index in [4.69, 9.17) is 11.5 Å². The molecule has 0 bridgehead atoms. The normalized spacial score (nSPS) is 35.3. The van der Waals surface area contributed by atoms with E-state index < -0.39 is 0 Å². The van der Waals surface area contributed by atoms with Crippen molar-refractivity contribution in [1.29, 1.82) is 0 Å². The molecule has 1 fully saturated rings. The predicted octanol–water partition coefficient (Wildman–Crippen LogP) is 0.213. The maximum absolute atomic E-state index is 5.65. The summed E-state index contributed by atoms with van der Waals surface area (Å²) >= 11 is 0. The molecule has 1 rings (SSSR count). The van der Waals surface area contributed by atoms with E-state index in [0.717, 1.165) is 12.8 Å². The zero-order valence-corrected chi connectivity index (χ0v) is 7.73. The summed E-state index contributed by atoms with van der Waals surface area (Å²) in [4.78, 5) is 0. The van der Waals surface area contributed by atoms with Crippen LogP contribution < -0.4 is 11.5 Å². The van der Waals surface area contributed by atoms with Gasteiger partial charge in [0.15, 0.2) is 0 Å². The van der Waals surface area contributed by atoms with Crippen LogP contribution >= 0.6 is 0 Å². The van der Waals surface area contributed by atoms with Gasteiger partial charge in [0.05, 0.1) is 0 Å². The van der Waals surface area contributed by atoms with Crippen molar-refractivity contribution in [2.75, 3.05) is 0 Å². The molecule has 2 nitrogen and oxygen atoms in total. The first kappa shape index (κ1) is 9.61. The van der Waals surface area contributed by atoms with E-state index in [-0.39, 0.29) is 33.1 Å². The number of hydrogen-bond donors (Lipinski definition) is 2. The average molecular weight is 309 g/mol. The molecule has 3 heteroatoms. The third-order valence-corrected chi connectivity index (χ3v) is 1.87. The summed E-state index contributed by atoms with van der Waals surface area (Å²) in [7, 11) is 0. The Morgan fingerprint density at radius 3 is 1.44 bits per heavy atom. The molecular formula is C6H14N2Pt. The van der Waals surface area contributed by atoms with E-state index in [9.17, 15) is 0 Å². The van der Waals surface area contributed by atoms with Crippen molar-refractivity contribution in [2.45, 2.75) is 37.8 Å². The molecule has 0 spiro atoms. The quantitative estimate of drug-likeness (QED) is 0.672. The van der Waals surface area contributed by atoms with Gasteiger partial charge in [0.25, 0.3) is 0 Å². The van der Waals surface area contributed by atoms with Crippen LogP contribution in [0.3, 0.4) is 0 Å². The van der Waals surface area contributed by atoms with Crippen LogP contribution in [-0.4, -0.2) is 12.1 Å². The molecule has 1 aliphatic carbocycles. The van der Waals surface area contributed by atoms with Gasteiger partial charge < -0.3 is 11.5 Å². The molecule has 0 unspecified atom stereocenters. The van der Waals surface area contributed by atoms with Crippen LogP contribution in [0.1, 0.15) is 25.7 Å². The van der Waals surface area contributed by atoms with Crippen molar-refractivity contribution in [1.82, 2.24) is 0 Å². The molecule has 0 aromatic heterocycles. The minimum atomic E-state index is 0. The molecule has 1 saturated carbocycles. The Bertz CT molecular complexity index is 67.5. The van der Waals surface area contributed by atoms with Crippen LogP contribution in [0.2, 0.25) is 0 Å². The molecule has 2 atom stereocenters. The second-order valence-corrected chi connectivity index (χ2v) is 2.61. The molecule has 0 heterocycles. The summed E-state index contributed by atoms with van der Waals surface area (Å²) in [5, 5.41) is 0. The average Bonchev–Trinajstić information content (AvgIpc) is 1.77. The van der Waals surface area contributed by atoms with Crippen LogP contribution in [0, 0.1) is 0 Å². The Morgan fingerprint density at radius 2 is 1.22 bits per heavy atom. The Kier molecular flexibility index (Phi) is 4.73. The molecule has 0 radical (unpaired) electrons. The third kappa shape index (κ3) is 2.79. The first-order valence-electron chi connectivity index (χ1n) is 3.32. The van der Waals surface area contributed by atoms with Gasteiger partial charge in [-0.05, 0) is 12.8 Å². The zero-order valence-electron chi connectivity index (χ0n) is 5.45. The molecule has 1 aliphatic rings. The van der Waals surface area contributed by atoms with E-state index in [1.807, 2.05) is 0 Å². The summed E-state index contributed by atoms with van der Waals surface area (Å²) in [6, 6.07) is 0.562. The van der Waals surface area contributed by atoms with Gasteiger partial charge in [0, 0.05) is 33.1 Å². The summed E-state index contributed by atoms with van der Waals surface area (Å²) in [5.74, 6) is 0. The van der Waals surface area contributed by atoms with Gasteiger partial charge in [0.2, 0.25) is 0 Å². The van der Waals surface area contributed by atoms with Crippen molar-refractivity contribution < 1.29 is 21.1 Å². The van der Waals surface area contributed by atoms with Crippen LogP contribution in [-0.2, 0) is 21.1 Å². The number of rotatable bonds is 0. The molecule has 4 N–H and O–H groups in total. The van der Waals surface area contributed by atoms with E-state index in [2.05, 4.69) is 0 Å². The molecule has 0 saturated heterocycles. The van der Waals surface area contributed by atoms with E-state index in [1.165, 1.54) is 12.8 Å². The predicted molar refractivity (Wildman–Crippen MR) is 34.4 cm³/mol. The van der Waals surface area contributed by atoms with Gasteiger partial charge in [-0.1, -0.05) is 12.8 Å². The maximum Gasteiger partial charge on any atom is 0.0192 e. The first-order chi connectivity index (χ1) is 3.80. The molecule has 9 heavy (non-hydrogen) atoms. The minimum absolute atomic E-state index is 0. The van der Waals surface area contributed by atoms with Crippen LogP contribution in [0.5, 0.6) is 0 Å². The second-order valence-electron chi connectivity index (χ2n) is 2.61. The summed E-state index contributed by atoms with van der Waals surface area (Å²) < 4.78 is 0. The van der Waals surface area contributed by atoms with Gasteiger partial charge in [-0.15, -0.1) is 0 Å². The monoisotopic (exact) mass is 309 g/mol. The number of hydrogen-bond acceptors (Lipinski definition) is 2. The Morgan fingerprint density at radius 1 is 0.889 bits per heavy atom. The molecule has 0 amide bonds. The minimum Gasteiger partial charge on any atom is -0.326 e. The van der Waals surface area contributed by atoms with Crippen LogP contribution in [0.15, 0.2) is 0 Å². The van der Waals surface area contributed by atoms with Crippen LogP contribution in [0.25, 0.3) is 0 Å². The van der Waals surface area contributed by atoms with Gasteiger partial charge in [-0.3, -0.25) is 0 Å². The fourth-order valence-corrected chi connectivity index (χ4v) is 1.19. The Balaban J connectivity index is 0.000000640.